The number of rotatable bonds is 3. The highest BCUT2D eigenvalue weighted by Crippen LogP contribution is 2.24. The molecule has 0 spiro atoms. The number of methoxy groups -OCH3 is 1. The first-order valence-electron chi connectivity index (χ1n) is 4.40. The molecule has 0 saturated carbocycles. The Bertz CT molecular complexity index is 413. The maximum absolute atomic E-state index is 9.93. The van der Waals surface area contributed by atoms with Gasteiger partial charge in [0.05, 0.1) is 18.2 Å². The molecule has 0 aliphatic heterocycles. The highest BCUT2D eigenvalue weighted by molar-refractivity contribution is 7.05. The van der Waals surface area contributed by atoms with Crippen molar-refractivity contribution in [1.29, 1.82) is 0 Å². The fourth-order valence-electron chi connectivity index (χ4n) is 1.25. The normalized spacial score (nSPS) is 12.4. The average Bonchev–Trinajstić information content (AvgIpc) is 2.82. The Morgan fingerprint density at radius 1 is 1.33 bits per heavy atom. The van der Waals surface area contributed by atoms with Crippen LogP contribution in [0.2, 0.25) is 0 Å². The predicted molar refractivity (Wildman–Crippen MR) is 57.0 cm³/mol. The van der Waals surface area contributed by atoms with Crippen molar-refractivity contribution in [2.24, 2.45) is 0 Å². The maximum atomic E-state index is 9.93. The molecule has 1 heterocycles. The summed E-state index contributed by atoms with van der Waals surface area (Å²) in [5.74, 6) is 0.772. The van der Waals surface area contributed by atoms with Crippen molar-refractivity contribution in [3.05, 3.63) is 40.9 Å². The molecular weight excluding hydrogens is 212 g/mol. The maximum Gasteiger partial charge on any atom is 0.118 e. The molecule has 1 aromatic carbocycles. The molecule has 0 fully saturated rings. The van der Waals surface area contributed by atoms with E-state index in [4.69, 9.17) is 4.74 Å². The summed E-state index contributed by atoms with van der Waals surface area (Å²) < 4.78 is 8.75. The SMILES string of the molecule is COc1ccc(C(O)c2cnns2)cc1. The van der Waals surface area contributed by atoms with E-state index in [0.717, 1.165) is 16.2 Å². The van der Waals surface area contributed by atoms with Crippen molar-refractivity contribution in [2.75, 3.05) is 7.11 Å². The molecule has 1 aromatic heterocycles. The fraction of sp³-hybridized carbons (Fsp3) is 0.200. The Morgan fingerprint density at radius 3 is 2.60 bits per heavy atom. The third-order valence-corrected chi connectivity index (χ3v) is 2.79. The molecule has 2 rings (SSSR count). The Kier molecular flexibility index (Phi) is 2.94. The molecular formula is C10H10N2O2S. The van der Waals surface area contributed by atoms with Gasteiger partial charge in [0, 0.05) is 0 Å². The lowest BCUT2D eigenvalue weighted by atomic mass is 10.1. The molecule has 2 aromatic rings. The van der Waals surface area contributed by atoms with Crippen molar-refractivity contribution >= 4 is 11.5 Å². The van der Waals surface area contributed by atoms with Crippen LogP contribution in [0.5, 0.6) is 5.75 Å². The molecule has 0 radical (unpaired) electrons. The summed E-state index contributed by atoms with van der Waals surface area (Å²) >= 11 is 1.19. The van der Waals surface area contributed by atoms with Crippen LogP contribution >= 0.6 is 11.5 Å². The largest absolute Gasteiger partial charge is 0.497 e. The first-order valence-corrected chi connectivity index (χ1v) is 5.18. The zero-order valence-corrected chi connectivity index (χ0v) is 8.94. The second-order valence-corrected chi connectivity index (χ2v) is 3.81. The van der Waals surface area contributed by atoms with E-state index in [1.807, 2.05) is 24.3 Å². The van der Waals surface area contributed by atoms with Gasteiger partial charge in [-0.3, -0.25) is 0 Å². The number of aliphatic hydroxyl groups excluding tert-OH is 1. The first-order chi connectivity index (χ1) is 7.31. The van der Waals surface area contributed by atoms with Gasteiger partial charge in [-0.25, -0.2) is 0 Å². The highest BCUT2D eigenvalue weighted by Gasteiger charge is 2.12. The minimum atomic E-state index is -0.657. The van der Waals surface area contributed by atoms with Crippen molar-refractivity contribution in [2.45, 2.75) is 6.10 Å². The van der Waals surface area contributed by atoms with Crippen molar-refractivity contribution in [3.63, 3.8) is 0 Å². The topological polar surface area (TPSA) is 55.2 Å². The van der Waals surface area contributed by atoms with E-state index < -0.39 is 6.10 Å². The van der Waals surface area contributed by atoms with Gasteiger partial charge in [0.25, 0.3) is 0 Å². The van der Waals surface area contributed by atoms with Gasteiger partial charge in [-0.2, -0.15) is 0 Å². The van der Waals surface area contributed by atoms with Crippen molar-refractivity contribution in [3.8, 4) is 5.75 Å². The number of nitrogens with zero attached hydrogens (tertiary/aromatic N) is 2. The van der Waals surface area contributed by atoms with Crippen LogP contribution < -0.4 is 4.74 Å². The number of aromatic nitrogens is 2. The molecule has 0 aliphatic rings. The van der Waals surface area contributed by atoms with Crippen LogP contribution in [-0.4, -0.2) is 21.8 Å². The predicted octanol–water partition coefficient (Wildman–Crippen LogP) is 1.63. The van der Waals surface area contributed by atoms with E-state index in [0.29, 0.717) is 0 Å². The Hall–Kier alpha value is -1.46. The van der Waals surface area contributed by atoms with E-state index in [1.165, 1.54) is 11.5 Å². The summed E-state index contributed by atoms with van der Waals surface area (Å²) in [7, 11) is 1.61. The van der Waals surface area contributed by atoms with Gasteiger partial charge in [0.15, 0.2) is 0 Å². The van der Waals surface area contributed by atoms with E-state index in [2.05, 4.69) is 9.59 Å². The van der Waals surface area contributed by atoms with Crippen molar-refractivity contribution in [1.82, 2.24) is 9.59 Å². The number of hydrogen-bond acceptors (Lipinski definition) is 5. The summed E-state index contributed by atoms with van der Waals surface area (Å²) in [5, 5.41) is 13.6. The van der Waals surface area contributed by atoms with E-state index >= 15 is 0 Å². The first kappa shape index (κ1) is 10.1. The summed E-state index contributed by atoms with van der Waals surface area (Å²) in [6, 6.07) is 7.27. The van der Waals surface area contributed by atoms with Crippen LogP contribution in [0.15, 0.2) is 30.5 Å². The molecule has 0 bridgehead atoms. The van der Waals surface area contributed by atoms with Crippen LogP contribution in [0.25, 0.3) is 0 Å². The third-order valence-electron chi connectivity index (χ3n) is 2.08. The van der Waals surface area contributed by atoms with Gasteiger partial charge < -0.3 is 9.84 Å². The van der Waals surface area contributed by atoms with Gasteiger partial charge in [0.2, 0.25) is 0 Å². The standard InChI is InChI=1S/C10H10N2O2S/c1-14-8-4-2-7(3-5-8)10(13)9-6-11-12-15-9/h2-6,10,13H,1H3. The fourth-order valence-corrected chi connectivity index (χ4v) is 1.76. The summed E-state index contributed by atoms with van der Waals surface area (Å²) in [4.78, 5) is 0.736. The third kappa shape index (κ3) is 2.14. The quantitative estimate of drug-likeness (QED) is 0.857. The minimum Gasteiger partial charge on any atom is -0.497 e. The molecule has 1 N–H and O–H groups in total. The smallest absolute Gasteiger partial charge is 0.118 e. The second-order valence-electron chi connectivity index (χ2n) is 3.00. The molecule has 15 heavy (non-hydrogen) atoms. The zero-order chi connectivity index (χ0) is 10.7. The summed E-state index contributed by atoms with van der Waals surface area (Å²) in [6.45, 7) is 0. The average molecular weight is 222 g/mol. The lowest BCUT2D eigenvalue weighted by Crippen LogP contribution is -1.96. The minimum absolute atomic E-state index is 0.657. The van der Waals surface area contributed by atoms with Gasteiger partial charge in [-0.15, -0.1) is 5.10 Å². The van der Waals surface area contributed by atoms with Crippen molar-refractivity contribution < 1.29 is 9.84 Å². The second kappa shape index (κ2) is 4.37. The molecule has 0 aliphatic carbocycles. The molecule has 5 heteroatoms. The van der Waals surface area contributed by atoms with Gasteiger partial charge >= 0.3 is 0 Å². The van der Waals surface area contributed by atoms with Crippen LogP contribution in [0.1, 0.15) is 16.5 Å². The number of benzene rings is 1. The molecule has 1 unspecified atom stereocenters. The molecule has 1 atom stereocenters. The monoisotopic (exact) mass is 222 g/mol. The Morgan fingerprint density at radius 2 is 2.07 bits per heavy atom. The molecule has 0 amide bonds. The summed E-state index contributed by atoms with van der Waals surface area (Å²) in [5.41, 5.74) is 0.807. The molecule has 0 saturated heterocycles. The van der Waals surface area contributed by atoms with Gasteiger partial charge in [0.1, 0.15) is 11.9 Å². The lowest BCUT2D eigenvalue weighted by Gasteiger charge is -2.08. The van der Waals surface area contributed by atoms with Crippen LogP contribution in [0.4, 0.5) is 0 Å². The van der Waals surface area contributed by atoms with Crippen LogP contribution in [0.3, 0.4) is 0 Å². The van der Waals surface area contributed by atoms with E-state index in [9.17, 15) is 5.11 Å². The number of hydrogen-bond donors (Lipinski definition) is 1. The Balaban J connectivity index is 2.22. The van der Waals surface area contributed by atoms with E-state index in [-0.39, 0.29) is 0 Å². The highest BCUT2D eigenvalue weighted by atomic mass is 32.1. The van der Waals surface area contributed by atoms with Gasteiger partial charge in [-0.1, -0.05) is 16.6 Å². The number of aliphatic hydroxyl groups is 1. The van der Waals surface area contributed by atoms with Crippen LogP contribution in [0, 0.1) is 0 Å². The zero-order valence-electron chi connectivity index (χ0n) is 8.12. The van der Waals surface area contributed by atoms with E-state index in [1.54, 1.807) is 13.3 Å². The Labute approximate surface area is 91.3 Å². The number of ether oxygens (including phenoxy) is 1. The lowest BCUT2D eigenvalue weighted by molar-refractivity contribution is 0.224. The molecule has 78 valence electrons. The summed E-state index contributed by atoms with van der Waals surface area (Å²) in [6.07, 6.45) is 0.912. The molecule has 4 nitrogen and oxygen atoms in total. The van der Waals surface area contributed by atoms with Gasteiger partial charge in [-0.05, 0) is 29.2 Å². The van der Waals surface area contributed by atoms with Crippen LogP contribution in [-0.2, 0) is 0 Å².